The largest absolute Gasteiger partial charge is 0.349 e. The summed E-state index contributed by atoms with van der Waals surface area (Å²) in [6, 6.07) is 15.7. The van der Waals surface area contributed by atoms with Crippen molar-refractivity contribution in [1.29, 1.82) is 0 Å². The van der Waals surface area contributed by atoms with E-state index in [0.29, 0.717) is 16.4 Å². The van der Waals surface area contributed by atoms with Gasteiger partial charge in [-0.2, -0.15) is 0 Å². The fourth-order valence-corrected chi connectivity index (χ4v) is 4.69. The Balaban J connectivity index is 1.24. The lowest BCUT2D eigenvalue weighted by atomic mass is 10.0. The lowest BCUT2D eigenvalue weighted by Crippen LogP contribution is -2.44. The van der Waals surface area contributed by atoms with Gasteiger partial charge in [0, 0.05) is 44.0 Å². The van der Waals surface area contributed by atoms with E-state index < -0.39 is 0 Å². The SMILES string of the molecule is Cc1ccccc1CN1CCC(NC(=O)c2cccc(NC(=O)CSc3nncn3C)c2)CC1. The molecule has 9 heteroatoms. The van der Waals surface area contributed by atoms with Gasteiger partial charge >= 0.3 is 0 Å². The normalized spacial score (nSPS) is 14.6. The quantitative estimate of drug-likeness (QED) is 0.483. The molecule has 178 valence electrons. The van der Waals surface area contributed by atoms with Crippen molar-refractivity contribution in [3.63, 3.8) is 0 Å². The zero-order valence-electron chi connectivity index (χ0n) is 19.5. The summed E-state index contributed by atoms with van der Waals surface area (Å²) in [5, 5.41) is 14.4. The highest BCUT2D eigenvalue weighted by molar-refractivity contribution is 7.99. The number of anilines is 1. The van der Waals surface area contributed by atoms with Crippen molar-refractivity contribution in [1.82, 2.24) is 25.0 Å². The molecule has 0 spiro atoms. The fourth-order valence-electron chi connectivity index (χ4n) is 4.00. The molecule has 0 saturated carbocycles. The first-order valence-electron chi connectivity index (χ1n) is 11.4. The highest BCUT2D eigenvalue weighted by Gasteiger charge is 2.21. The Kier molecular flexibility index (Phi) is 7.97. The Morgan fingerprint density at radius 1 is 1.12 bits per heavy atom. The maximum Gasteiger partial charge on any atom is 0.251 e. The number of carbonyl (C=O) groups is 2. The Morgan fingerprint density at radius 2 is 1.91 bits per heavy atom. The number of aryl methyl sites for hydroxylation is 2. The van der Waals surface area contributed by atoms with Crippen molar-refractivity contribution < 1.29 is 9.59 Å². The first kappa shape index (κ1) is 24.0. The van der Waals surface area contributed by atoms with Crippen molar-refractivity contribution in [2.24, 2.45) is 7.05 Å². The molecule has 2 heterocycles. The third kappa shape index (κ3) is 6.45. The van der Waals surface area contributed by atoms with Gasteiger partial charge in [-0.3, -0.25) is 14.5 Å². The Bertz CT molecular complexity index is 1140. The van der Waals surface area contributed by atoms with E-state index in [1.807, 2.05) is 7.05 Å². The molecule has 34 heavy (non-hydrogen) atoms. The molecule has 2 amide bonds. The second kappa shape index (κ2) is 11.3. The summed E-state index contributed by atoms with van der Waals surface area (Å²) in [6.07, 6.45) is 3.44. The third-order valence-corrected chi connectivity index (χ3v) is 7.02. The van der Waals surface area contributed by atoms with E-state index in [-0.39, 0.29) is 23.6 Å². The van der Waals surface area contributed by atoms with Crippen LogP contribution >= 0.6 is 11.8 Å². The van der Waals surface area contributed by atoms with Crippen LogP contribution in [-0.4, -0.2) is 56.4 Å². The molecular formula is C25H30N6O2S. The number of hydrogen-bond acceptors (Lipinski definition) is 6. The van der Waals surface area contributed by atoms with E-state index in [1.165, 1.54) is 22.9 Å². The average molecular weight is 479 g/mol. The van der Waals surface area contributed by atoms with Crippen LogP contribution in [0, 0.1) is 6.92 Å². The average Bonchev–Trinajstić information content (AvgIpc) is 3.25. The van der Waals surface area contributed by atoms with Crippen molar-refractivity contribution in [3.8, 4) is 0 Å². The first-order chi connectivity index (χ1) is 16.5. The molecule has 0 atom stereocenters. The number of thioether (sulfide) groups is 1. The topological polar surface area (TPSA) is 92.2 Å². The molecule has 4 rings (SSSR count). The summed E-state index contributed by atoms with van der Waals surface area (Å²) in [5.41, 5.74) is 3.82. The van der Waals surface area contributed by atoms with Crippen LogP contribution in [0.5, 0.6) is 0 Å². The van der Waals surface area contributed by atoms with Gasteiger partial charge < -0.3 is 15.2 Å². The molecule has 2 N–H and O–H groups in total. The number of carbonyl (C=O) groups excluding carboxylic acids is 2. The molecule has 1 saturated heterocycles. The minimum absolute atomic E-state index is 0.109. The summed E-state index contributed by atoms with van der Waals surface area (Å²) < 4.78 is 1.76. The highest BCUT2D eigenvalue weighted by atomic mass is 32.2. The maximum absolute atomic E-state index is 12.8. The minimum Gasteiger partial charge on any atom is -0.349 e. The van der Waals surface area contributed by atoms with Gasteiger partial charge in [-0.1, -0.05) is 42.1 Å². The molecule has 0 unspecified atom stereocenters. The number of likely N-dealkylation sites (tertiary alicyclic amines) is 1. The van der Waals surface area contributed by atoms with Gasteiger partial charge in [0.15, 0.2) is 5.16 Å². The van der Waals surface area contributed by atoms with E-state index >= 15 is 0 Å². The molecular weight excluding hydrogens is 448 g/mol. The summed E-state index contributed by atoms with van der Waals surface area (Å²) in [5.74, 6) is -0.0576. The van der Waals surface area contributed by atoms with E-state index in [4.69, 9.17) is 0 Å². The Morgan fingerprint density at radius 3 is 2.65 bits per heavy atom. The number of nitrogens with zero attached hydrogens (tertiary/aromatic N) is 4. The zero-order valence-corrected chi connectivity index (χ0v) is 20.3. The molecule has 3 aromatic rings. The van der Waals surface area contributed by atoms with Crippen LogP contribution in [0.4, 0.5) is 5.69 Å². The van der Waals surface area contributed by atoms with Gasteiger partial charge in [0.05, 0.1) is 5.75 Å². The maximum atomic E-state index is 12.8. The van der Waals surface area contributed by atoms with Crippen molar-refractivity contribution in [2.45, 2.75) is 37.5 Å². The Labute approximate surface area is 204 Å². The summed E-state index contributed by atoms with van der Waals surface area (Å²) in [4.78, 5) is 27.6. The van der Waals surface area contributed by atoms with Crippen LogP contribution in [0.3, 0.4) is 0 Å². The summed E-state index contributed by atoms with van der Waals surface area (Å²) >= 11 is 1.31. The van der Waals surface area contributed by atoms with Gasteiger partial charge in [-0.15, -0.1) is 10.2 Å². The molecule has 2 aromatic carbocycles. The van der Waals surface area contributed by atoms with Crippen molar-refractivity contribution >= 4 is 29.3 Å². The van der Waals surface area contributed by atoms with Crippen LogP contribution in [0.1, 0.15) is 34.3 Å². The second-order valence-corrected chi connectivity index (χ2v) is 9.53. The molecule has 0 bridgehead atoms. The number of hydrogen-bond donors (Lipinski definition) is 2. The van der Waals surface area contributed by atoms with Gasteiger partial charge in [0.1, 0.15) is 6.33 Å². The van der Waals surface area contributed by atoms with E-state index in [9.17, 15) is 9.59 Å². The fraction of sp³-hybridized carbons (Fsp3) is 0.360. The van der Waals surface area contributed by atoms with Crippen molar-refractivity contribution in [3.05, 3.63) is 71.5 Å². The van der Waals surface area contributed by atoms with Gasteiger partial charge in [0.25, 0.3) is 5.91 Å². The summed E-state index contributed by atoms with van der Waals surface area (Å²) in [6.45, 7) is 5.01. The molecule has 0 aliphatic carbocycles. The predicted octanol–water partition coefficient (Wildman–Crippen LogP) is 3.25. The van der Waals surface area contributed by atoms with Gasteiger partial charge in [0.2, 0.25) is 5.91 Å². The van der Waals surface area contributed by atoms with Crippen LogP contribution in [-0.2, 0) is 18.4 Å². The molecule has 1 fully saturated rings. The first-order valence-corrected chi connectivity index (χ1v) is 12.4. The number of piperidine rings is 1. The molecule has 0 radical (unpaired) electrons. The van der Waals surface area contributed by atoms with Crippen LogP contribution in [0.15, 0.2) is 60.0 Å². The monoisotopic (exact) mass is 478 g/mol. The second-order valence-electron chi connectivity index (χ2n) is 8.59. The molecule has 8 nitrogen and oxygen atoms in total. The number of rotatable bonds is 8. The minimum atomic E-state index is -0.161. The predicted molar refractivity (Wildman–Crippen MR) is 134 cm³/mol. The van der Waals surface area contributed by atoms with Gasteiger partial charge in [-0.05, 0) is 49.1 Å². The van der Waals surface area contributed by atoms with Crippen molar-refractivity contribution in [2.75, 3.05) is 24.2 Å². The standard InChI is InChI=1S/C25H30N6O2S/c1-18-6-3-4-7-20(18)15-31-12-10-21(11-13-31)28-24(33)19-8-5-9-22(14-19)27-23(32)16-34-25-29-26-17-30(25)2/h3-9,14,17,21H,10-13,15-16H2,1-2H3,(H,27,32)(H,28,33). The zero-order chi connectivity index (χ0) is 23.9. The number of benzene rings is 2. The highest BCUT2D eigenvalue weighted by Crippen LogP contribution is 2.18. The molecule has 1 aromatic heterocycles. The lowest BCUT2D eigenvalue weighted by molar-refractivity contribution is -0.113. The van der Waals surface area contributed by atoms with Crippen LogP contribution in [0.2, 0.25) is 0 Å². The van der Waals surface area contributed by atoms with Crippen LogP contribution in [0.25, 0.3) is 0 Å². The Hall–Kier alpha value is -3.17. The molecule has 1 aliphatic heterocycles. The summed E-state index contributed by atoms with van der Waals surface area (Å²) in [7, 11) is 1.83. The lowest BCUT2D eigenvalue weighted by Gasteiger charge is -2.32. The molecule has 1 aliphatic rings. The van der Waals surface area contributed by atoms with E-state index in [1.54, 1.807) is 35.2 Å². The van der Waals surface area contributed by atoms with Gasteiger partial charge in [-0.25, -0.2) is 0 Å². The number of amides is 2. The third-order valence-electron chi connectivity index (χ3n) is 5.99. The van der Waals surface area contributed by atoms with Crippen LogP contribution < -0.4 is 10.6 Å². The number of aromatic nitrogens is 3. The van der Waals surface area contributed by atoms with E-state index in [0.717, 1.165) is 32.5 Å². The smallest absolute Gasteiger partial charge is 0.251 e. The van der Waals surface area contributed by atoms with E-state index in [2.05, 4.69) is 56.9 Å². The number of nitrogens with one attached hydrogen (secondary N) is 2.